The molecule has 222 valence electrons. The second-order valence-electron chi connectivity index (χ2n) is 9.74. The summed E-state index contributed by atoms with van der Waals surface area (Å²) in [5.41, 5.74) is 5.66. The number of hydrogen-bond acceptors (Lipinski definition) is 5. The van der Waals surface area contributed by atoms with E-state index in [0.29, 0.717) is 16.7 Å². The SMILES string of the molecule is CCCc1ccc(C)cc1N1CCS/C1=N\C(=O)N/C=C/c1ccc(-c2ncn(-c3ccc(OC(F)(F)F)cc3)n2)cc1. The Balaban J connectivity index is 1.19. The van der Waals surface area contributed by atoms with Crippen molar-refractivity contribution in [3.05, 3.63) is 95.9 Å². The Labute approximate surface area is 251 Å². The van der Waals surface area contributed by atoms with Crippen molar-refractivity contribution < 1.29 is 22.7 Å². The number of carbonyl (C=O) groups excluding carboxylic acids is 1. The van der Waals surface area contributed by atoms with Crippen LogP contribution in [0.15, 0.2) is 84.2 Å². The van der Waals surface area contributed by atoms with Gasteiger partial charge in [0.05, 0.1) is 5.69 Å². The highest BCUT2D eigenvalue weighted by molar-refractivity contribution is 8.14. The zero-order valence-corrected chi connectivity index (χ0v) is 24.3. The third-order valence-electron chi connectivity index (χ3n) is 6.50. The molecule has 1 aromatic heterocycles. The highest BCUT2D eigenvalue weighted by Gasteiger charge is 2.31. The molecular weight excluding hydrogens is 577 g/mol. The van der Waals surface area contributed by atoms with Crippen molar-refractivity contribution in [1.82, 2.24) is 20.1 Å². The van der Waals surface area contributed by atoms with Crippen LogP contribution in [0.2, 0.25) is 0 Å². The number of rotatable bonds is 8. The molecule has 1 fully saturated rings. The van der Waals surface area contributed by atoms with Crippen LogP contribution in [0, 0.1) is 6.92 Å². The molecule has 0 unspecified atom stereocenters. The number of nitrogens with one attached hydrogen (secondary N) is 1. The van der Waals surface area contributed by atoms with Gasteiger partial charge in [-0.2, -0.15) is 4.99 Å². The van der Waals surface area contributed by atoms with Crippen molar-refractivity contribution in [2.24, 2.45) is 4.99 Å². The number of amidine groups is 1. The van der Waals surface area contributed by atoms with Crippen molar-refractivity contribution in [1.29, 1.82) is 0 Å². The van der Waals surface area contributed by atoms with E-state index in [2.05, 4.69) is 62.1 Å². The molecule has 3 aromatic carbocycles. The van der Waals surface area contributed by atoms with Gasteiger partial charge in [-0.1, -0.05) is 61.5 Å². The Morgan fingerprint density at radius 3 is 2.60 bits per heavy atom. The minimum absolute atomic E-state index is 0.313. The number of aliphatic imine (C=N–C) groups is 1. The van der Waals surface area contributed by atoms with Crippen molar-refractivity contribution in [2.75, 3.05) is 17.2 Å². The summed E-state index contributed by atoms with van der Waals surface area (Å²) < 4.78 is 42.5. The van der Waals surface area contributed by atoms with Gasteiger partial charge in [0.15, 0.2) is 11.0 Å². The molecule has 0 radical (unpaired) electrons. The van der Waals surface area contributed by atoms with Crippen LogP contribution in [0.4, 0.5) is 23.7 Å². The summed E-state index contributed by atoms with van der Waals surface area (Å²) in [4.78, 5) is 23.4. The van der Waals surface area contributed by atoms with Crippen molar-refractivity contribution in [2.45, 2.75) is 33.1 Å². The summed E-state index contributed by atoms with van der Waals surface area (Å²) >= 11 is 1.57. The van der Waals surface area contributed by atoms with Crippen LogP contribution in [-0.2, 0) is 6.42 Å². The number of ether oxygens (including phenoxy) is 1. The zero-order chi connectivity index (χ0) is 30.4. The molecule has 0 aliphatic carbocycles. The molecule has 0 spiro atoms. The lowest BCUT2D eigenvalue weighted by Crippen LogP contribution is -2.27. The number of alkyl halides is 3. The Bertz CT molecular complexity index is 1630. The van der Waals surface area contributed by atoms with E-state index in [1.807, 2.05) is 24.3 Å². The standard InChI is InChI=1S/C31H29F3N6O2S/c1-3-4-23-8-5-21(2)19-27(23)39-17-18-43-30(39)37-29(41)35-16-15-22-6-9-24(10-7-22)28-36-20-40(38-28)25-11-13-26(14-12-25)42-31(32,33)34/h5-16,19-20H,3-4,17-18H2,1-2H3,(H,35,41)/b16-15+,37-30-. The Morgan fingerprint density at radius 1 is 1.12 bits per heavy atom. The zero-order valence-electron chi connectivity index (χ0n) is 23.5. The van der Waals surface area contributed by atoms with Gasteiger partial charge in [0.25, 0.3) is 0 Å². The predicted octanol–water partition coefficient (Wildman–Crippen LogP) is 7.38. The Kier molecular flexibility index (Phi) is 9.15. The fraction of sp³-hybridized carbons (Fsp3) is 0.226. The van der Waals surface area contributed by atoms with Crippen LogP contribution >= 0.6 is 11.8 Å². The summed E-state index contributed by atoms with van der Waals surface area (Å²) in [5, 5.41) is 7.82. The summed E-state index contributed by atoms with van der Waals surface area (Å²) in [6.45, 7) is 5.02. The van der Waals surface area contributed by atoms with Crippen LogP contribution in [0.25, 0.3) is 23.2 Å². The van der Waals surface area contributed by atoms with Gasteiger partial charge in [-0.15, -0.1) is 18.3 Å². The van der Waals surface area contributed by atoms with Crippen LogP contribution < -0.4 is 15.0 Å². The van der Waals surface area contributed by atoms with Gasteiger partial charge < -0.3 is 15.0 Å². The van der Waals surface area contributed by atoms with Gasteiger partial charge in [0.2, 0.25) is 0 Å². The monoisotopic (exact) mass is 606 g/mol. The highest BCUT2D eigenvalue weighted by atomic mass is 32.2. The lowest BCUT2D eigenvalue weighted by Gasteiger charge is -2.22. The molecule has 0 saturated carbocycles. The van der Waals surface area contributed by atoms with E-state index >= 15 is 0 Å². The number of aromatic nitrogens is 3. The maximum atomic E-state index is 12.6. The fourth-order valence-corrected chi connectivity index (χ4v) is 5.47. The van der Waals surface area contributed by atoms with E-state index in [4.69, 9.17) is 0 Å². The second kappa shape index (κ2) is 13.2. The summed E-state index contributed by atoms with van der Waals surface area (Å²) in [6, 6.07) is 18.7. The van der Waals surface area contributed by atoms with Crippen molar-refractivity contribution in [3.63, 3.8) is 0 Å². The van der Waals surface area contributed by atoms with E-state index < -0.39 is 12.4 Å². The van der Waals surface area contributed by atoms with E-state index in [1.54, 1.807) is 24.0 Å². The minimum Gasteiger partial charge on any atom is -0.406 e. The normalized spacial score (nSPS) is 14.5. The molecule has 4 aromatic rings. The van der Waals surface area contributed by atoms with Crippen LogP contribution in [-0.4, -0.2) is 44.6 Å². The molecule has 2 heterocycles. The number of urea groups is 1. The lowest BCUT2D eigenvalue weighted by molar-refractivity contribution is -0.274. The number of benzene rings is 3. The van der Waals surface area contributed by atoms with Crippen molar-refractivity contribution >= 4 is 34.7 Å². The van der Waals surface area contributed by atoms with Gasteiger partial charge in [-0.3, -0.25) is 0 Å². The van der Waals surface area contributed by atoms with Gasteiger partial charge in [0, 0.05) is 29.7 Å². The lowest BCUT2D eigenvalue weighted by atomic mass is 10.0. The van der Waals surface area contributed by atoms with E-state index in [1.165, 1.54) is 46.4 Å². The molecule has 2 amide bonds. The van der Waals surface area contributed by atoms with E-state index in [0.717, 1.165) is 42.0 Å². The Hall–Kier alpha value is -4.58. The molecule has 8 nitrogen and oxygen atoms in total. The summed E-state index contributed by atoms with van der Waals surface area (Å²) in [6.07, 6.45) is 2.05. The molecule has 0 bridgehead atoms. The second-order valence-corrected chi connectivity index (χ2v) is 10.8. The fourth-order valence-electron chi connectivity index (χ4n) is 4.52. The van der Waals surface area contributed by atoms with Gasteiger partial charge in [-0.05, 0) is 66.4 Å². The van der Waals surface area contributed by atoms with Gasteiger partial charge in [-0.25, -0.2) is 14.5 Å². The summed E-state index contributed by atoms with van der Waals surface area (Å²) in [5.74, 6) is 1.00. The van der Waals surface area contributed by atoms with Gasteiger partial charge >= 0.3 is 12.4 Å². The maximum absolute atomic E-state index is 12.6. The number of amides is 2. The molecule has 43 heavy (non-hydrogen) atoms. The number of anilines is 1. The quantitative estimate of drug-likeness (QED) is 0.225. The van der Waals surface area contributed by atoms with Crippen molar-refractivity contribution in [3.8, 4) is 22.8 Å². The predicted molar refractivity (Wildman–Crippen MR) is 163 cm³/mol. The van der Waals surface area contributed by atoms with Gasteiger partial charge in [0.1, 0.15) is 12.1 Å². The van der Waals surface area contributed by atoms with E-state index in [-0.39, 0.29) is 5.75 Å². The first kappa shape index (κ1) is 29.9. The van der Waals surface area contributed by atoms with Crippen LogP contribution in [0.5, 0.6) is 5.75 Å². The summed E-state index contributed by atoms with van der Waals surface area (Å²) in [7, 11) is 0. The third-order valence-corrected chi connectivity index (χ3v) is 7.46. The topological polar surface area (TPSA) is 84.6 Å². The molecule has 5 rings (SSSR count). The number of hydrogen-bond donors (Lipinski definition) is 1. The first-order valence-electron chi connectivity index (χ1n) is 13.6. The maximum Gasteiger partial charge on any atom is 0.573 e. The number of carbonyl (C=O) groups is 1. The molecule has 1 aliphatic rings. The molecule has 1 aliphatic heterocycles. The average Bonchev–Trinajstić information content (AvgIpc) is 3.64. The molecule has 12 heteroatoms. The molecule has 1 saturated heterocycles. The Morgan fingerprint density at radius 2 is 1.88 bits per heavy atom. The number of nitrogens with zero attached hydrogens (tertiary/aromatic N) is 5. The smallest absolute Gasteiger partial charge is 0.406 e. The van der Waals surface area contributed by atoms with Crippen LogP contribution in [0.1, 0.15) is 30.0 Å². The largest absolute Gasteiger partial charge is 0.573 e. The van der Waals surface area contributed by atoms with E-state index in [9.17, 15) is 18.0 Å². The number of thioether (sulfide) groups is 1. The molecular formula is C31H29F3N6O2S. The number of aryl methyl sites for hydroxylation is 2. The van der Waals surface area contributed by atoms with Crippen LogP contribution in [0.3, 0.4) is 0 Å². The third kappa shape index (κ3) is 7.83. The average molecular weight is 607 g/mol. The number of halogens is 3. The molecule has 0 atom stereocenters. The first-order chi connectivity index (χ1) is 20.7. The first-order valence-corrected chi connectivity index (χ1v) is 14.6. The minimum atomic E-state index is -4.75. The molecule has 1 N–H and O–H groups in total. The highest BCUT2D eigenvalue weighted by Crippen LogP contribution is 2.30.